The number of hydrogen-bond donors (Lipinski definition) is 1. The van der Waals surface area contributed by atoms with E-state index in [2.05, 4.69) is 10.3 Å². The molecule has 0 saturated carbocycles. The molecule has 9 heteroatoms. The van der Waals surface area contributed by atoms with Gasteiger partial charge in [0.2, 0.25) is 5.91 Å². The largest absolute Gasteiger partial charge is 0.497 e. The predicted molar refractivity (Wildman–Crippen MR) is 125 cm³/mol. The summed E-state index contributed by atoms with van der Waals surface area (Å²) in [6.45, 7) is 0. The van der Waals surface area contributed by atoms with Crippen LogP contribution < -0.4 is 20.3 Å². The number of anilines is 1. The van der Waals surface area contributed by atoms with Crippen molar-refractivity contribution in [3.05, 3.63) is 74.5 Å². The number of nitrogens with zero attached hydrogens (tertiary/aromatic N) is 2. The lowest BCUT2D eigenvalue weighted by atomic mass is 9.86. The molecule has 1 aromatic heterocycles. The standard InChI is InChI=1S/C23H22ClN3O4S/c1-27-21-20(22(29)26-23(27)32-12-13-4-6-14(24)7-5-13)17(11-19(28)25-21)16-9-8-15(30-2)10-18(16)31-3/h4-10,17H,11-12H2,1-3H3,(H,25,28)/t17-/m1/s1. The number of carbonyl (C=O) groups excluding carboxylic acids is 1. The first-order valence-electron chi connectivity index (χ1n) is 9.91. The summed E-state index contributed by atoms with van der Waals surface area (Å²) in [5.74, 6) is 1.61. The zero-order valence-corrected chi connectivity index (χ0v) is 19.4. The number of amides is 1. The third kappa shape index (κ3) is 4.33. The van der Waals surface area contributed by atoms with Crippen LogP contribution in [0, 0.1) is 0 Å². The van der Waals surface area contributed by atoms with Gasteiger partial charge in [0.25, 0.3) is 5.56 Å². The summed E-state index contributed by atoms with van der Waals surface area (Å²) < 4.78 is 12.6. The van der Waals surface area contributed by atoms with E-state index >= 15 is 0 Å². The molecule has 1 aliphatic rings. The number of benzene rings is 2. The number of halogens is 1. The maximum Gasteiger partial charge on any atom is 0.279 e. The number of thioether (sulfide) groups is 1. The third-order valence-corrected chi connectivity index (χ3v) is 6.75. The lowest BCUT2D eigenvalue weighted by Gasteiger charge is -2.28. The second-order valence-corrected chi connectivity index (χ2v) is 8.73. The van der Waals surface area contributed by atoms with Crippen LogP contribution >= 0.6 is 23.4 Å². The number of ether oxygens (including phenoxy) is 2. The van der Waals surface area contributed by atoms with Gasteiger partial charge in [-0.3, -0.25) is 9.59 Å². The van der Waals surface area contributed by atoms with Gasteiger partial charge in [-0.05, 0) is 23.8 Å². The van der Waals surface area contributed by atoms with Crippen molar-refractivity contribution >= 4 is 35.1 Å². The van der Waals surface area contributed by atoms with Crippen molar-refractivity contribution in [1.82, 2.24) is 9.55 Å². The summed E-state index contributed by atoms with van der Waals surface area (Å²) in [6.07, 6.45) is 0.129. The van der Waals surface area contributed by atoms with Gasteiger partial charge >= 0.3 is 0 Å². The summed E-state index contributed by atoms with van der Waals surface area (Å²) in [5, 5.41) is 4.05. The lowest BCUT2D eigenvalue weighted by molar-refractivity contribution is -0.116. The average Bonchev–Trinajstić information content (AvgIpc) is 2.80. The van der Waals surface area contributed by atoms with Crippen molar-refractivity contribution in [2.24, 2.45) is 7.05 Å². The molecule has 0 spiro atoms. The van der Waals surface area contributed by atoms with Gasteiger partial charge in [0.15, 0.2) is 5.16 Å². The molecular weight excluding hydrogens is 450 g/mol. The molecule has 0 bridgehead atoms. The van der Waals surface area contributed by atoms with E-state index in [4.69, 9.17) is 21.1 Å². The number of carbonyl (C=O) groups is 1. The van der Waals surface area contributed by atoms with Crippen molar-refractivity contribution in [1.29, 1.82) is 0 Å². The molecule has 3 aromatic rings. The van der Waals surface area contributed by atoms with E-state index in [0.29, 0.717) is 38.8 Å². The fourth-order valence-electron chi connectivity index (χ4n) is 3.76. The van der Waals surface area contributed by atoms with Crippen LogP contribution in [-0.2, 0) is 17.6 Å². The molecule has 32 heavy (non-hydrogen) atoms. The van der Waals surface area contributed by atoms with E-state index in [1.807, 2.05) is 30.3 Å². The van der Waals surface area contributed by atoms with E-state index in [-0.39, 0.29) is 17.9 Å². The Bertz CT molecular complexity index is 1230. The molecule has 0 fully saturated rings. The van der Waals surface area contributed by atoms with Gasteiger partial charge in [0, 0.05) is 41.8 Å². The lowest BCUT2D eigenvalue weighted by Crippen LogP contribution is -2.33. The van der Waals surface area contributed by atoms with Gasteiger partial charge < -0.3 is 19.4 Å². The van der Waals surface area contributed by atoms with Crippen LogP contribution in [0.25, 0.3) is 0 Å². The minimum absolute atomic E-state index is 0.129. The highest BCUT2D eigenvalue weighted by molar-refractivity contribution is 7.98. The van der Waals surface area contributed by atoms with Crippen LogP contribution in [0.3, 0.4) is 0 Å². The molecule has 0 aliphatic carbocycles. The molecule has 4 rings (SSSR count). The van der Waals surface area contributed by atoms with Crippen LogP contribution in [0.1, 0.15) is 29.0 Å². The quantitative estimate of drug-likeness (QED) is 0.428. The topological polar surface area (TPSA) is 82.5 Å². The highest BCUT2D eigenvalue weighted by Crippen LogP contribution is 2.40. The first-order valence-corrected chi connectivity index (χ1v) is 11.3. The minimum Gasteiger partial charge on any atom is -0.497 e. The van der Waals surface area contributed by atoms with Crippen LogP contribution in [0.4, 0.5) is 5.82 Å². The van der Waals surface area contributed by atoms with Crippen LogP contribution in [0.2, 0.25) is 5.02 Å². The van der Waals surface area contributed by atoms with E-state index < -0.39 is 5.92 Å². The van der Waals surface area contributed by atoms with Crippen molar-refractivity contribution < 1.29 is 14.3 Å². The molecule has 0 saturated heterocycles. The van der Waals surface area contributed by atoms with E-state index in [1.165, 1.54) is 11.8 Å². The van der Waals surface area contributed by atoms with Gasteiger partial charge in [-0.2, -0.15) is 4.98 Å². The molecule has 1 aliphatic heterocycles. The van der Waals surface area contributed by atoms with Crippen LogP contribution in [0.5, 0.6) is 11.5 Å². The maximum atomic E-state index is 13.1. The average molecular weight is 472 g/mol. The second-order valence-electron chi connectivity index (χ2n) is 7.35. The zero-order valence-electron chi connectivity index (χ0n) is 17.8. The monoisotopic (exact) mass is 471 g/mol. The predicted octanol–water partition coefficient (Wildman–Crippen LogP) is 4.22. The zero-order chi connectivity index (χ0) is 22.8. The summed E-state index contributed by atoms with van der Waals surface area (Å²) in [7, 11) is 4.92. The van der Waals surface area contributed by atoms with Gasteiger partial charge in [0.05, 0.1) is 19.8 Å². The van der Waals surface area contributed by atoms with Crippen LogP contribution in [0.15, 0.2) is 52.4 Å². The Kier molecular flexibility index (Phi) is 6.43. The fraction of sp³-hybridized carbons (Fsp3) is 0.261. The number of hydrogen-bond acceptors (Lipinski definition) is 6. The van der Waals surface area contributed by atoms with E-state index in [9.17, 15) is 9.59 Å². The molecule has 1 N–H and O–H groups in total. The Morgan fingerprint density at radius 1 is 1.16 bits per heavy atom. The molecule has 7 nitrogen and oxygen atoms in total. The number of fused-ring (bicyclic) bond motifs is 1. The smallest absolute Gasteiger partial charge is 0.279 e. The fourth-order valence-corrected chi connectivity index (χ4v) is 4.81. The molecular formula is C23H22ClN3O4S. The Morgan fingerprint density at radius 2 is 1.91 bits per heavy atom. The van der Waals surface area contributed by atoms with Gasteiger partial charge in [0.1, 0.15) is 17.3 Å². The molecule has 0 unspecified atom stereocenters. The molecule has 2 heterocycles. The van der Waals surface area contributed by atoms with Crippen molar-refractivity contribution in [3.8, 4) is 11.5 Å². The Morgan fingerprint density at radius 3 is 2.59 bits per heavy atom. The maximum absolute atomic E-state index is 13.1. The van der Waals surface area contributed by atoms with Crippen molar-refractivity contribution in [2.75, 3.05) is 19.5 Å². The van der Waals surface area contributed by atoms with Crippen molar-refractivity contribution in [3.63, 3.8) is 0 Å². The Hall–Kier alpha value is -2.97. The van der Waals surface area contributed by atoms with Gasteiger partial charge in [-0.1, -0.05) is 41.6 Å². The number of methoxy groups -OCH3 is 2. The number of rotatable bonds is 6. The Labute approximate surface area is 194 Å². The highest BCUT2D eigenvalue weighted by atomic mass is 35.5. The third-order valence-electron chi connectivity index (χ3n) is 5.40. The van der Waals surface area contributed by atoms with Crippen LogP contribution in [-0.4, -0.2) is 29.7 Å². The molecule has 166 valence electrons. The van der Waals surface area contributed by atoms with E-state index in [0.717, 1.165) is 11.1 Å². The summed E-state index contributed by atoms with van der Waals surface area (Å²) in [4.78, 5) is 30.1. The summed E-state index contributed by atoms with van der Waals surface area (Å²) >= 11 is 7.37. The summed E-state index contributed by atoms with van der Waals surface area (Å²) in [6, 6.07) is 12.9. The normalized spacial score (nSPS) is 15.1. The SMILES string of the molecule is COc1ccc([C@H]2CC(=O)Nc3c2c(=O)nc(SCc2ccc(Cl)cc2)n3C)c(OC)c1. The first kappa shape index (κ1) is 22.2. The first-order chi connectivity index (χ1) is 15.4. The molecule has 1 atom stereocenters. The van der Waals surface area contributed by atoms with E-state index in [1.54, 1.807) is 38.0 Å². The van der Waals surface area contributed by atoms with Gasteiger partial charge in [-0.15, -0.1) is 0 Å². The number of aromatic nitrogens is 2. The summed E-state index contributed by atoms with van der Waals surface area (Å²) in [5.41, 5.74) is 1.88. The molecule has 2 aromatic carbocycles. The second kappa shape index (κ2) is 9.26. The van der Waals surface area contributed by atoms with Gasteiger partial charge in [-0.25, -0.2) is 0 Å². The molecule has 1 amide bonds. The minimum atomic E-state index is -0.471. The number of nitrogens with one attached hydrogen (secondary N) is 1. The molecule has 0 radical (unpaired) electrons. The highest BCUT2D eigenvalue weighted by Gasteiger charge is 2.33. The van der Waals surface area contributed by atoms with Crippen molar-refractivity contribution in [2.45, 2.75) is 23.2 Å². The Balaban J connectivity index is 1.73.